The highest BCUT2D eigenvalue weighted by Crippen LogP contribution is 2.29. The number of carbonyl (C=O) groups excluding carboxylic acids is 2. The molecule has 2 rings (SSSR count). The first-order chi connectivity index (χ1) is 8.49. The first-order valence-corrected chi connectivity index (χ1v) is 5.72. The molecular formula is C11H10N2O4S. The molecule has 0 aliphatic carbocycles. The van der Waals surface area contributed by atoms with Crippen LogP contribution in [0.15, 0.2) is 18.2 Å². The summed E-state index contributed by atoms with van der Waals surface area (Å²) in [7, 11) is 0. The molecule has 1 atom stereocenters. The van der Waals surface area contributed by atoms with E-state index in [0.717, 1.165) is 0 Å². The summed E-state index contributed by atoms with van der Waals surface area (Å²) in [6.07, 6.45) is 0. The van der Waals surface area contributed by atoms with Crippen LogP contribution >= 0.6 is 12.6 Å². The van der Waals surface area contributed by atoms with Crippen molar-refractivity contribution < 1.29 is 19.5 Å². The number of nitrogens with two attached hydrogens (primary N) is 1. The lowest BCUT2D eigenvalue weighted by Gasteiger charge is -2.20. The Hall–Kier alpha value is -2.02. The Morgan fingerprint density at radius 3 is 2.56 bits per heavy atom. The van der Waals surface area contributed by atoms with Crippen LogP contribution in [0.3, 0.4) is 0 Å². The number of hydrogen-bond acceptors (Lipinski definition) is 5. The Bertz CT molecular complexity index is 558. The van der Waals surface area contributed by atoms with Crippen molar-refractivity contribution in [3.63, 3.8) is 0 Å². The third kappa shape index (κ3) is 1.63. The molecule has 1 unspecified atom stereocenters. The van der Waals surface area contributed by atoms with E-state index < -0.39 is 23.8 Å². The minimum atomic E-state index is -1.29. The van der Waals surface area contributed by atoms with E-state index in [4.69, 9.17) is 10.8 Å². The minimum absolute atomic E-state index is 0.0653. The number of nitrogen functional groups attached to an aromatic ring is 1. The minimum Gasteiger partial charge on any atom is -0.480 e. The molecule has 0 saturated heterocycles. The van der Waals surface area contributed by atoms with Gasteiger partial charge in [0.1, 0.15) is 6.04 Å². The molecule has 3 N–H and O–H groups in total. The fourth-order valence-corrected chi connectivity index (χ4v) is 2.20. The molecular weight excluding hydrogens is 256 g/mol. The van der Waals surface area contributed by atoms with Crippen LogP contribution in [0.4, 0.5) is 5.69 Å². The highest BCUT2D eigenvalue weighted by atomic mass is 32.1. The summed E-state index contributed by atoms with van der Waals surface area (Å²) in [6.45, 7) is 0. The van der Waals surface area contributed by atoms with E-state index in [1.54, 1.807) is 6.07 Å². The number of carboxylic acid groups (broad SMARTS) is 1. The van der Waals surface area contributed by atoms with Gasteiger partial charge in [-0.15, -0.1) is 0 Å². The maximum atomic E-state index is 12.1. The molecule has 0 spiro atoms. The topological polar surface area (TPSA) is 101 Å². The van der Waals surface area contributed by atoms with E-state index in [-0.39, 0.29) is 22.6 Å². The molecule has 94 valence electrons. The predicted molar refractivity (Wildman–Crippen MR) is 66.6 cm³/mol. The highest BCUT2D eigenvalue weighted by Gasteiger charge is 2.43. The summed E-state index contributed by atoms with van der Waals surface area (Å²) in [5.74, 6) is -2.77. The number of rotatable bonds is 3. The average Bonchev–Trinajstić information content (AvgIpc) is 2.56. The number of fused-ring (bicyclic) bond motifs is 1. The second-order valence-electron chi connectivity index (χ2n) is 3.79. The summed E-state index contributed by atoms with van der Waals surface area (Å²) in [4.78, 5) is 35.8. The number of aliphatic carboxylic acids is 1. The number of imide groups is 1. The molecule has 0 fully saturated rings. The predicted octanol–water partition coefficient (Wildman–Crippen LogP) is 0.248. The van der Waals surface area contributed by atoms with Crippen molar-refractivity contribution in [1.29, 1.82) is 0 Å². The van der Waals surface area contributed by atoms with Crippen molar-refractivity contribution in [3.05, 3.63) is 29.3 Å². The van der Waals surface area contributed by atoms with Crippen molar-refractivity contribution in [2.75, 3.05) is 11.5 Å². The first kappa shape index (κ1) is 12.4. The highest BCUT2D eigenvalue weighted by molar-refractivity contribution is 7.80. The Balaban J connectivity index is 2.52. The number of thiol groups is 1. The molecule has 1 aromatic rings. The van der Waals surface area contributed by atoms with Crippen LogP contribution in [0, 0.1) is 0 Å². The normalized spacial score (nSPS) is 15.7. The molecule has 0 saturated carbocycles. The molecule has 0 bridgehead atoms. The summed E-state index contributed by atoms with van der Waals surface area (Å²) >= 11 is 3.86. The van der Waals surface area contributed by atoms with Gasteiger partial charge in [0.2, 0.25) is 0 Å². The zero-order valence-electron chi connectivity index (χ0n) is 9.16. The van der Waals surface area contributed by atoms with E-state index in [2.05, 4.69) is 12.6 Å². The van der Waals surface area contributed by atoms with Crippen LogP contribution < -0.4 is 5.73 Å². The molecule has 7 heteroatoms. The molecule has 1 aromatic carbocycles. The molecule has 1 heterocycles. The van der Waals surface area contributed by atoms with Gasteiger partial charge in [-0.25, -0.2) is 4.79 Å². The van der Waals surface area contributed by atoms with Gasteiger partial charge in [-0.3, -0.25) is 14.5 Å². The van der Waals surface area contributed by atoms with Crippen LogP contribution in [0.2, 0.25) is 0 Å². The van der Waals surface area contributed by atoms with Gasteiger partial charge in [0.25, 0.3) is 11.8 Å². The van der Waals surface area contributed by atoms with Crippen molar-refractivity contribution in [2.45, 2.75) is 6.04 Å². The first-order valence-electron chi connectivity index (χ1n) is 5.09. The monoisotopic (exact) mass is 266 g/mol. The number of hydrogen-bond donors (Lipinski definition) is 3. The van der Waals surface area contributed by atoms with Crippen molar-refractivity contribution in [1.82, 2.24) is 4.90 Å². The third-order valence-corrected chi connectivity index (χ3v) is 3.09. The fraction of sp³-hybridized carbons (Fsp3) is 0.182. The van der Waals surface area contributed by atoms with Crippen molar-refractivity contribution in [3.8, 4) is 0 Å². The molecule has 18 heavy (non-hydrogen) atoms. The van der Waals surface area contributed by atoms with Crippen LogP contribution in [0.25, 0.3) is 0 Å². The van der Waals surface area contributed by atoms with E-state index >= 15 is 0 Å². The Morgan fingerprint density at radius 1 is 1.39 bits per heavy atom. The van der Waals surface area contributed by atoms with Crippen LogP contribution in [0.1, 0.15) is 20.7 Å². The smallest absolute Gasteiger partial charge is 0.327 e. The molecule has 1 aliphatic heterocycles. The van der Waals surface area contributed by atoms with E-state index in [1.165, 1.54) is 12.1 Å². The van der Waals surface area contributed by atoms with Crippen LogP contribution in [-0.2, 0) is 4.79 Å². The summed E-state index contributed by atoms with van der Waals surface area (Å²) in [6, 6.07) is 3.19. The maximum absolute atomic E-state index is 12.1. The number of carbonyl (C=O) groups is 3. The maximum Gasteiger partial charge on any atom is 0.327 e. The van der Waals surface area contributed by atoms with Gasteiger partial charge in [0.05, 0.1) is 11.1 Å². The second-order valence-corrected chi connectivity index (χ2v) is 4.15. The zero-order valence-corrected chi connectivity index (χ0v) is 10.1. The van der Waals surface area contributed by atoms with Gasteiger partial charge >= 0.3 is 5.97 Å². The van der Waals surface area contributed by atoms with Gasteiger partial charge in [-0.2, -0.15) is 12.6 Å². The molecule has 0 aromatic heterocycles. The summed E-state index contributed by atoms with van der Waals surface area (Å²) in [5.41, 5.74) is 6.00. The lowest BCUT2D eigenvalue weighted by Crippen LogP contribution is -2.46. The molecule has 1 aliphatic rings. The lowest BCUT2D eigenvalue weighted by atomic mass is 10.1. The number of nitrogens with zero attached hydrogens (tertiary/aromatic N) is 1. The van der Waals surface area contributed by atoms with Crippen LogP contribution in [-0.4, -0.2) is 39.6 Å². The third-order valence-electron chi connectivity index (χ3n) is 2.75. The Morgan fingerprint density at radius 2 is 2.06 bits per heavy atom. The standard InChI is InChI=1S/C11H10N2O4S/c12-6-3-1-2-5-8(6)10(15)13(9(5)14)7(4-18)11(16)17/h1-3,7,18H,4,12H2,(H,16,17). The van der Waals surface area contributed by atoms with E-state index in [0.29, 0.717) is 4.90 Å². The summed E-state index contributed by atoms with van der Waals surface area (Å²) < 4.78 is 0. The van der Waals surface area contributed by atoms with Gasteiger partial charge in [0, 0.05) is 11.4 Å². The summed E-state index contributed by atoms with van der Waals surface area (Å²) in [5, 5.41) is 8.99. The zero-order chi connectivity index (χ0) is 13.4. The van der Waals surface area contributed by atoms with Crippen LogP contribution in [0.5, 0.6) is 0 Å². The lowest BCUT2D eigenvalue weighted by molar-refractivity contribution is -0.140. The Labute approximate surface area is 108 Å². The fourth-order valence-electron chi connectivity index (χ4n) is 1.88. The largest absolute Gasteiger partial charge is 0.480 e. The van der Waals surface area contributed by atoms with Gasteiger partial charge < -0.3 is 10.8 Å². The SMILES string of the molecule is Nc1cccc2c1C(=O)N(C(CS)C(=O)O)C2=O. The van der Waals surface area contributed by atoms with Crippen molar-refractivity contribution >= 4 is 36.1 Å². The number of amides is 2. The quantitative estimate of drug-likeness (QED) is 0.413. The number of benzene rings is 1. The van der Waals surface area contributed by atoms with Gasteiger partial charge in [-0.05, 0) is 12.1 Å². The molecule has 2 amide bonds. The van der Waals surface area contributed by atoms with Crippen molar-refractivity contribution in [2.24, 2.45) is 0 Å². The second kappa shape index (κ2) is 4.34. The average molecular weight is 266 g/mol. The van der Waals surface area contributed by atoms with Gasteiger partial charge in [-0.1, -0.05) is 6.07 Å². The number of anilines is 1. The Kier molecular flexibility index (Phi) is 3.00. The van der Waals surface area contributed by atoms with E-state index in [9.17, 15) is 14.4 Å². The molecule has 0 radical (unpaired) electrons. The van der Waals surface area contributed by atoms with Gasteiger partial charge in [0.15, 0.2) is 0 Å². The number of carboxylic acids is 1. The molecule has 6 nitrogen and oxygen atoms in total. The van der Waals surface area contributed by atoms with E-state index in [1.807, 2.05) is 0 Å².